The molecule has 0 aliphatic heterocycles. The number of nitrogens with zero attached hydrogens (tertiary/aromatic N) is 2. The summed E-state index contributed by atoms with van der Waals surface area (Å²) >= 11 is 0. The van der Waals surface area contributed by atoms with E-state index in [1.807, 2.05) is 6.21 Å². The Kier molecular flexibility index (Phi) is 10.2. The number of hydrogen-bond donors (Lipinski definition) is 0. The SMILES string of the molecule is CC/C=N\C(=C/CC)N(CCC)CCCC. The molecule has 0 atom stereocenters. The normalized spacial score (nSPS) is 12.4. The largest absolute Gasteiger partial charge is 0.357 e. The Morgan fingerprint density at radius 2 is 1.75 bits per heavy atom. The highest BCUT2D eigenvalue weighted by molar-refractivity contribution is 5.58. The minimum atomic E-state index is 1.01. The first-order valence-electron chi connectivity index (χ1n) is 6.77. The Bertz CT molecular complexity index is 207. The van der Waals surface area contributed by atoms with Gasteiger partial charge in [-0.3, -0.25) is 0 Å². The highest BCUT2D eigenvalue weighted by Crippen LogP contribution is 2.10. The highest BCUT2D eigenvalue weighted by Gasteiger charge is 2.05. The third-order valence-electron chi connectivity index (χ3n) is 2.39. The molecule has 0 saturated carbocycles. The van der Waals surface area contributed by atoms with Gasteiger partial charge in [0.15, 0.2) is 0 Å². The maximum absolute atomic E-state index is 4.57. The molecule has 0 fully saturated rings. The predicted octanol–water partition coefficient (Wildman–Crippen LogP) is 4.23. The molecule has 0 aromatic rings. The van der Waals surface area contributed by atoms with E-state index in [4.69, 9.17) is 0 Å². The fourth-order valence-electron chi connectivity index (χ4n) is 1.59. The van der Waals surface area contributed by atoms with Gasteiger partial charge in [0.25, 0.3) is 0 Å². The fourth-order valence-corrected chi connectivity index (χ4v) is 1.59. The van der Waals surface area contributed by atoms with Crippen LogP contribution in [-0.2, 0) is 0 Å². The van der Waals surface area contributed by atoms with Gasteiger partial charge in [0, 0.05) is 19.3 Å². The second kappa shape index (κ2) is 10.7. The van der Waals surface area contributed by atoms with Crippen molar-refractivity contribution < 1.29 is 0 Å². The van der Waals surface area contributed by atoms with Gasteiger partial charge in [-0.2, -0.15) is 0 Å². The van der Waals surface area contributed by atoms with Gasteiger partial charge in [0.1, 0.15) is 5.82 Å². The zero-order valence-corrected chi connectivity index (χ0v) is 11.5. The van der Waals surface area contributed by atoms with Crippen molar-refractivity contribution in [3.63, 3.8) is 0 Å². The van der Waals surface area contributed by atoms with Crippen molar-refractivity contribution in [1.82, 2.24) is 4.90 Å². The van der Waals surface area contributed by atoms with Crippen LogP contribution >= 0.6 is 0 Å². The van der Waals surface area contributed by atoms with Crippen molar-refractivity contribution in [2.24, 2.45) is 4.99 Å². The molecule has 0 spiro atoms. The lowest BCUT2D eigenvalue weighted by Gasteiger charge is -2.24. The molecular weight excluding hydrogens is 196 g/mol. The van der Waals surface area contributed by atoms with Crippen LogP contribution in [0.3, 0.4) is 0 Å². The van der Waals surface area contributed by atoms with Crippen molar-refractivity contribution in [3.05, 3.63) is 11.9 Å². The highest BCUT2D eigenvalue weighted by atomic mass is 15.2. The average molecular weight is 224 g/mol. The third-order valence-corrected chi connectivity index (χ3v) is 2.39. The maximum Gasteiger partial charge on any atom is 0.124 e. The van der Waals surface area contributed by atoms with E-state index in [0.717, 1.165) is 25.9 Å². The van der Waals surface area contributed by atoms with Crippen LogP contribution in [0.1, 0.15) is 59.8 Å². The molecule has 0 aromatic carbocycles. The fraction of sp³-hybridized carbons (Fsp3) is 0.786. The van der Waals surface area contributed by atoms with Crippen LogP contribution in [-0.4, -0.2) is 24.2 Å². The van der Waals surface area contributed by atoms with E-state index < -0.39 is 0 Å². The lowest BCUT2D eigenvalue weighted by molar-refractivity contribution is 0.334. The van der Waals surface area contributed by atoms with Crippen LogP contribution in [0.25, 0.3) is 0 Å². The molecule has 0 aromatic heterocycles. The first-order valence-corrected chi connectivity index (χ1v) is 6.77. The number of rotatable bonds is 9. The molecule has 0 radical (unpaired) electrons. The van der Waals surface area contributed by atoms with Gasteiger partial charge in [-0.05, 0) is 31.8 Å². The Hall–Kier alpha value is -0.790. The van der Waals surface area contributed by atoms with Crippen LogP contribution in [0.2, 0.25) is 0 Å². The third kappa shape index (κ3) is 6.65. The standard InChI is InChI=1S/C14H28N2/c1-5-9-13-16(12-8-4)14(10-6-2)15-11-7-3/h10-11H,5-9,12-13H2,1-4H3/b14-10+,15-11-. The minimum absolute atomic E-state index is 1.01. The van der Waals surface area contributed by atoms with E-state index in [1.165, 1.54) is 25.1 Å². The van der Waals surface area contributed by atoms with Gasteiger partial charge >= 0.3 is 0 Å². The predicted molar refractivity (Wildman–Crippen MR) is 73.9 cm³/mol. The van der Waals surface area contributed by atoms with Crippen molar-refractivity contribution in [2.45, 2.75) is 59.8 Å². The van der Waals surface area contributed by atoms with Gasteiger partial charge in [-0.15, -0.1) is 0 Å². The first kappa shape index (κ1) is 15.2. The Labute approximate surface area is 101 Å². The Morgan fingerprint density at radius 1 is 1.00 bits per heavy atom. The summed E-state index contributed by atoms with van der Waals surface area (Å²) in [6.07, 6.45) is 10.00. The summed E-state index contributed by atoms with van der Waals surface area (Å²) in [5, 5.41) is 0. The molecule has 0 heterocycles. The smallest absolute Gasteiger partial charge is 0.124 e. The molecule has 2 nitrogen and oxygen atoms in total. The van der Waals surface area contributed by atoms with Crippen molar-refractivity contribution in [2.75, 3.05) is 13.1 Å². The molecule has 0 rings (SSSR count). The molecule has 94 valence electrons. The molecule has 0 unspecified atom stereocenters. The van der Waals surface area contributed by atoms with Crippen LogP contribution < -0.4 is 0 Å². The van der Waals surface area contributed by atoms with Crippen LogP contribution in [0, 0.1) is 0 Å². The first-order chi connectivity index (χ1) is 7.79. The van der Waals surface area contributed by atoms with Crippen LogP contribution in [0.5, 0.6) is 0 Å². The topological polar surface area (TPSA) is 15.6 Å². The Morgan fingerprint density at radius 3 is 2.25 bits per heavy atom. The molecule has 2 heteroatoms. The van der Waals surface area contributed by atoms with Crippen molar-refractivity contribution >= 4 is 6.21 Å². The summed E-state index contributed by atoms with van der Waals surface area (Å²) in [6, 6.07) is 0. The molecule has 0 aliphatic carbocycles. The van der Waals surface area contributed by atoms with E-state index in [0.29, 0.717) is 0 Å². The number of aliphatic imine (C=N–C) groups is 1. The van der Waals surface area contributed by atoms with E-state index in [-0.39, 0.29) is 0 Å². The zero-order valence-electron chi connectivity index (χ0n) is 11.5. The summed E-state index contributed by atoms with van der Waals surface area (Å²) in [7, 11) is 0. The minimum Gasteiger partial charge on any atom is -0.357 e. The van der Waals surface area contributed by atoms with E-state index >= 15 is 0 Å². The van der Waals surface area contributed by atoms with Gasteiger partial charge < -0.3 is 4.90 Å². The summed E-state index contributed by atoms with van der Waals surface area (Å²) in [6.45, 7) is 11.0. The lowest BCUT2D eigenvalue weighted by atomic mass is 10.3. The zero-order chi connectivity index (χ0) is 12.2. The van der Waals surface area contributed by atoms with E-state index in [1.54, 1.807) is 0 Å². The molecule has 0 N–H and O–H groups in total. The van der Waals surface area contributed by atoms with Crippen molar-refractivity contribution in [3.8, 4) is 0 Å². The average Bonchev–Trinajstić information content (AvgIpc) is 2.30. The van der Waals surface area contributed by atoms with Gasteiger partial charge in [0.2, 0.25) is 0 Å². The second-order valence-corrected chi connectivity index (χ2v) is 4.03. The lowest BCUT2D eigenvalue weighted by Crippen LogP contribution is -2.24. The summed E-state index contributed by atoms with van der Waals surface area (Å²) in [5.74, 6) is 1.17. The number of hydrogen-bond acceptors (Lipinski definition) is 2. The van der Waals surface area contributed by atoms with Crippen LogP contribution in [0.15, 0.2) is 16.9 Å². The van der Waals surface area contributed by atoms with Gasteiger partial charge in [0.05, 0.1) is 0 Å². The molecule has 0 amide bonds. The molecule has 0 bridgehead atoms. The summed E-state index contributed by atoms with van der Waals surface area (Å²) in [5.41, 5.74) is 0. The second-order valence-electron chi connectivity index (χ2n) is 4.03. The summed E-state index contributed by atoms with van der Waals surface area (Å²) in [4.78, 5) is 6.98. The maximum atomic E-state index is 4.57. The molecular formula is C14H28N2. The quantitative estimate of drug-likeness (QED) is 0.535. The number of allylic oxidation sites excluding steroid dienone is 1. The molecule has 16 heavy (non-hydrogen) atoms. The van der Waals surface area contributed by atoms with Crippen LogP contribution in [0.4, 0.5) is 0 Å². The van der Waals surface area contributed by atoms with E-state index in [9.17, 15) is 0 Å². The Balaban J connectivity index is 4.51. The van der Waals surface area contributed by atoms with Crippen molar-refractivity contribution in [1.29, 1.82) is 0 Å². The monoisotopic (exact) mass is 224 g/mol. The molecule has 0 aliphatic rings. The summed E-state index contributed by atoms with van der Waals surface area (Å²) < 4.78 is 0. The van der Waals surface area contributed by atoms with E-state index in [2.05, 4.69) is 43.7 Å². The van der Waals surface area contributed by atoms with Gasteiger partial charge in [-0.1, -0.05) is 34.1 Å². The number of unbranched alkanes of at least 4 members (excludes halogenated alkanes) is 1. The van der Waals surface area contributed by atoms with Gasteiger partial charge in [-0.25, -0.2) is 4.99 Å². The molecule has 0 saturated heterocycles.